The summed E-state index contributed by atoms with van der Waals surface area (Å²) in [4.78, 5) is 14.8. The van der Waals surface area contributed by atoms with Crippen molar-refractivity contribution in [2.75, 3.05) is 18.1 Å². The molecule has 0 aliphatic rings. The lowest BCUT2D eigenvalue weighted by molar-refractivity contribution is -0.114. The number of nitrogens with zero attached hydrogens (tertiary/aromatic N) is 3. The quantitative estimate of drug-likeness (QED) is 0.368. The smallest absolute Gasteiger partial charge is 0.230 e. The highest BCUT2D eigenvalue weighted by atomic mass is 32.2. The summed E-state index contributed by atoms with van der Waals surface area (Å²) in [6.45, 7) is -0.180. The summed E-state index contributed by atoms with van der Waals surface area (Å²) >= 11 is 1.63. The standard InChI is InChI=1S/C9H10N4OS/c1-15-8-4-2-7(3-5-8)12-9(14)6-11-13-10/h2-5H,6H2,1H3,(H,12,14). The average Bonchev–Trinajstić information content (AvgIpc) is 2.27. The van der Waals surface area contributed by atoms with Crippen LogP contribution in [-0.4, -0.2) is 18.7 Å². The third-order valence-corrected chi connectivity index (χ3v) is 2.39. The van der Waals surface area contributed by atoms with Crippen molar-refractivity contribution >= 4 is 23.4 Å². The van der Waals surface area contributed by atoms with E-state index in [-0.39, 0.29) is 12.5 Å². The maximum atomic E-state index is 11.1. The Labute approximate surface area is 91.5 Å². The molecule has 0 spiro atoms. The lowest BCUT2D eigenvalue weighted by atomic mass is 10.3. The average molecular weight is 222 g/mol. The van der Waals surface area contributed by atoms with Crippen LogP contribution in [0.4, 0.5) is 5.69 Å². The van der Waals surface area contributed by atoms with E-state index in [0.717, 1.165) is 4.90 Å². The Morgan fingerprint density at radius 3 is 2.73 bits per heavy atom. The SMILES string of the molecule is CSc1ccc(NC(=O)CN=[N+]=[N-])cc1. The summed E-state index contributed by atoms with van der Waals surface area (Å²) < 4.78 is 0. The van der Waals surface area contributed by atoms with E-state index in [9.17, 15) is 4.79 Å². The van der Waals surface area contributed by atoms with Crippen molar-refractivity contribution in [3.05, 3.63) is 34.7 Å². The first-order valence-electron chi connectivity index (χ1n) is 4.21. The fourth-order valence-corrected chi connectivity index (χ4v) is 1.38. The highest BCUT2D eigenvalue weighted by molar-refractivity contribution is 7.98. The second kappa shape index (κ2) is 5.95. The number of nitrogens with one attached hydrogen (secondary N) is 1. The highest BCUT2D eigenvalue weighted by Crippen LogP contribution is 2.17. The largest absolute Gasteiger partial charge is 0.326 e. The number of hydrogen-bond donors (Lipinski definition) is 1. The Morgan fingerprint density at radius 1 is 1.53 bits per heavy atom. The fraction of sp³-hybridized carbons (Fsp3) is 0.222. The number of azide groups is 1. The van der Waals surface area contributed by atoms with Gasteiger partial charge in [0, 0.05) is 15.5 Å². The van der Waals surface area contributed by atoms with Gasteiger partial charge in [-0.1, -0.05) is 5.11 Å². The van der Waals surface area contributed by atoms with Crippen LogP contribution in [0.1, 0.15) is 0 Å². The summed E-state index contributed by atoms with van der Waals surface area (Å²) in [6, 6.07) is 7.43. The number of anilines is 1. The zero-order valence-corrected chi connectivity index (χ0v) is 8.99. The topological polar surface area (TPSA) is 77.9 Å². The van der Waals surface area contributed by atoms with E-state index in [1.54, 1.807) is 23.9 Å². The Bertz CT molecular complexity index is 384. The monoisotopic (exact) mass is 222 g/mol. The lowest BCUT2D eigenvalue weighted by Crippen LogP contribution is -2.14. The molecule has 0 unspecified atom stereocenters. The Balaban J connectivity index is 2.56. The molecule has 0 radical (unpaired) electrons. The van der Waals surface area contributed by atoms with Crippen molar-refractivity contribution in [1.82, 2.24) is 0 Å². The van der Waals surface area contributed by atoms with Gasteiger partial charge >= 0.3 is 0 Å². The van der Waals surface area contributed by atoms with Crippen molar-refractivity contribution in [2.45, 2.75) is 4.90 Å². The van der Waals surface area contributed by atoms with Crippen molar-refractivity contribution in [1.29, 1.82) is 0 Å². The molecule has 0 aromatic heterocycles. The lowest BCUT2D eigenvalue weighted by Gasteiger charge is -2.03. The van der Waals surface area contributed by atoms with E-state index in [1.165, 1.54) is 0 Å². The first-order valence-corrected chi connectivity index (χ1v) is 5.43. The van der Waals surface area contributed by atoms with Crippen molar-refractivity contribution < 1.29 is 4.79 Å². The summed E-state index contributed by atoms with van der Waals surface area (Å²) in [5.41, 5.74) is 8.73. The summed E-state index contributed by atoms with van der Waals surface area (Å²) in [7, 11) is 0. The Kier molecular flexibility index (Phi) is 4.53. The van der Waals surface area contributed by atoms with Gasteiger partial charge in [-0.15, -0.1) is 11.8 Å². The maximum absolute atomic E-state index is 11.1. The van der Waals surface area contributed by atoms with Gasteiger partial charge in [-0.3, -0.25) is 4.79 Å². The highest BCUT2D eigenvalue weighted by Gasteiger charge is 1.99. The number of rotatable bonds is 4. The molecular formula is C9H10N4OS. The molecule has 1 N–H and O–H groups in total. The van der Waals surface area contributed by atoms with Crippen LogP contribution in [0.3, 0.4) is 0 Å². The molecule has 0 heterocycles. The number of hydrogen-bond acceptors (Lipinski definition) is 3. The second-order valence-electron chi connectivity index (χ2n) is 2.67. The van der Waals surface area contributed by atoms with Gasteiger partial charge in [-0.25, -0.2) is 0 Å². The van der Waals surface area contributed by atoms with E-state index in [1.807, 2.05) is 18.4 Å². The van der Waals surface area contributed by atoms with Gasteiger partial charge in [0.25, 0.3) is 0 Å². The number of thioether (sulfide) groups is 1. The molecule has 0 atom stereocenters. The molecule has 5 nitrogen and oxygen atoms in total. The molecule has 1 amide bonds. The van der Waals surface area contributed by atoms with Crippen LogP contribution in [0, 0.1) is 0 Å². The number of benzene rings is 1. The van der Waals surface area contributed by atoms with Crippen LogP contribution in [0.15, 0.2) is 34.3 Å². The van der Waals surface area contributed by atoms with E-state index >= 15 is 0 Å². The van der Waals surface area contributed by atoms with Crippen LogP contribution >= 0.6 is 11.8 Å². The molecule has 0 bridgehead atoms. The molecule has 0 fully saturated rings. The summed E-state index contributed by atoms with van der Waals surface area (Å²) in [5, 5.41) is 5.78. The van der Waals surface area contributed by atoms with E-state index < -0.39 is 0 Å². The van der Waals surface area contributed by atoms with Crippen LogP contribution in [0.2, 0.25) is 0 Å². The van der Waals surface area contributed by atoms with Gasteiger partial charge < -0.3 is 5.32 Å². The molecule has 1 aromatic carbocycles. The van der Waals surface area contributed by atoms with E-state index in [2.05, 4.69) is 15.3 Å². The molecule has 6 heteroatoms. The molecule has 1 rings (SSSR count). The normalized spacial score (nSPS) is 9.13. The molecule has 78 valence electrons. The van der Waals surface area contributed by atoms with Crippen LogP contribution in [-0.2, 0) is 4.79 Å². The minimum absolute atomic E-state index is 0.180. The molecule has 1 aromatic rings. The van der Waals surface area contributed by atoms with Gasteiger partial charge in [0.1, 0.15) is 6.54 Å². The predicted octanol–water partition coefficient (Wildman–Crippen LogP) is 2.66. The van der Waals surface area contributed by atoms with Gasteiger partial charge in [0.05, 0.1) is 0 Å². The maximum Gasteiger partial charge on any atom is 0.230 e. The second-order valence-corrected chi connectivity index (χ2v) is 3.55. The molecular weight excluding hydrogens is 212 g/mol. The first kappa shape index (κ1) is 11.4. The molecule has 0 aliphatic heterocycles. The van der Waals surface area contributed by atoms with Crippen LogP contribution in [0.5, 0.6) is 0 Å². The van der Waals surface area contributed by atoms with Gasteiger partial charge in [-0.05, 0) is 36.1 Å². The Morgan fingerprint density at radius 2 is 2.20 bits per heavy atom. The zero-order chi connectivity index (χ0) is 11.1. The van der Waals surface area contributed by atoms with E-state index in [4.69, 9.17) is 5.53 Å². The van der Waals surface area contributed by atoms with Gasteiger partial charge in [0.15, 0.2) is 0 Å². The first-order chi connectivity index (χ1) is 7.26. The molecule has 15 heavy (non-hydrogen) atoms. The summed E-state index contributed by atoms with van der Waals surface area (Å²) in [6.07, 6.45) is 1.98. The molecule has 0 saturated carbocycles. The fourth-order valence-electron chi connectivity index (χ4n) is 0.971. The van der Waals surface area contributed by atoms with Gasteiger partial charge in [-0.2, -0.15) is 0 Å². The van der Waals surface area contributed by atoms with E-state index in [0.29, 0.717) is 5.69 Å². The summed E-state index contributed by atoms with van der Waals surface area (Å²) in [5.74, 6) is -0.315. The minimum Gasteiger partial charge on any atom is -0.326 e. The number of carbonyl (C=O) groups is 1. The minimum atomic E-state index is -0.315. The molecule has 0 saturated heterocycles. The third-order valence-electron chi connectivity index (χ3n) is 1.65. The number of carbonyl (C=O) groups excluding carboxylic acids is 1. The van der Waals surface area contributed by atoms with Crippen molar-refractivity contribution in [2.24, 2.45) is 5.11 Å². The third kappa shape index (κ3) is 3.93. The molecule has 0 aliphatic carbocycles. The van der Waals surface area contributed by atoms with Gasteiger partial charge in [0.2, 0.25) is 5.91 Å². The van der Waals surface area contributed by atoms with Crippen LogP contribution in [0.25, 0.3) is 10.4 Å². The Hall–Kier alpha value is -1.65. The number of amides is 1. The van der Waals surface area contributed by atoms with Crippen molar-refractivity contribution in [3.8, 4) is 0 Å². The zero-order valence-electron chi connectivity index (χ0n) is 8.17. The van der Waals surface area contributed by atoms with Crippen molar-refractivity contribution in [3.63, 3.8) is 0 Å². The predicted molar refractivity (Wildman–Crippen MR) is 60.9 cm³/mol. The van der Waals surface area contributed by atoms with Crippen LogP contribution < -0.4 is 5.32 Å².